The van der Waals surface area contributed by atoms with Gasteiger partial charge >= 0.3 is 0 Å². The molecule has 1 N–H and O–H groups in total. The third kappa shape index (κ3) is 6.71. The first kappa shape index (κ1) is 19.9. The molecule has 0 atom stereocenters. The molecule has 2 aromatic carbocycles. The lowest BCUT2D eigenvalue weighted by Crippen LogP contribution is -2.22. The molecule has 144 valence electrons. The molecule has 0 bridgehead atoms. The summed E-state index contributed by atoms with van der Waals surface area (Å²) in [5.41, 5.74) is 3.07. The Labute approximate surface area is 170 Å². The maximum Gasteiger partial charge on any atom is 0.220 e. The van der Waals surface area contributed by atoms with Gasteiger partial charge in [-0.05, 0) is 60.4 Å². The van der Waals surface area contributed by atoms with Crippen LogP contribution in [0, 0.1) is 0 Å². The van der Waals surface area contributed by atoms with Gasteiger partial charge in [0.25, 0.3) is 0 Å². The molecule has 0 spiro atoms. The largest absolute Gasteiger partial charge is 0.487 e. The maximum absolute atomic E-state index is 12.1. The fraction of sp³-hybridized carbons (Fsp3) is 0.217. The van der Waals surface area contributed by atoms with Crippen molar-refractivity contribution >= 4 is 17.5 Å². The smallest absolute Gasteiger partial charge is 0.220 e. The number of benzene rings is 2. The summed E-state index contributed by atoms with van der Waals surface area (Å²) in [6, 6.07) is 21.2. The third-order valence-corrected chi connectivity index (χ3v) is 4.54. The fourth-order valence-electron chi connectivity index (χ4n) is 2.78. The number of nitrogens with zero attached hydrogens (tertiary/aromatic N) is 1. The molecule has 0 unspecified atom stereocenters. The Morgan fingerprint density at radius 3 is 2.64 bits per heavy atom. The van der Waals surface area contributed by atoms with Crippen LogP contribution < -0.4 is 10.1 Å². The molecule has 0 aliphatic rings. The number of hydrogen-bond acceptors (Lipinski definition) is 3. The molecule has 0 radical (unpaired) electrons. The SMILES string of the molecule is O=C(CCCc1ccc(Cl)cc1)NCc1cccc(OCc2ccccn2)c1. The number of amides is 1. The molecule has 0 aliphatic carbocycles. The Bertz CT molecular complexity index is 883. The van der Waals surface area contributed by atoms with E-state index in [1.165, 1.54) is 5.56 Å². The minimum Gasteiger partial charge on any atom is -0.487 e. The number of nitrogens with one attached hydrogen (secondary N) is 1. The van der Waals surface area contributed by atoms with Crippen LogP contribution in [0.5, 0.6) is 5.75 Å². The molecule has 0 saturated carbocycles. The van der Waals surface area contributed by atoms with Crippen molar-refractivity contribution in [3.05, 3.63) is 94.8 Å². The zero-order valence-electron chi connectivity index (χ0n) is 15.6. The summed E-state index contributed by atoms with van der Waals surface area (Å²) in [6.07, 6.45) is 3.91. The molecule has 0 aliphatic heterocycles. The number of aromatic nitrogens is 1. The van der Waals surface area contributed by atoms with Gasteiger partial charge < -0.3 is 10.1 Å². The van der Waals surface area contributed by atoms with E-state index in [9.17, 15) is 4.79 Å². The predicted octanol–water partition coefficient (Wildman–Crippen LogP) is 4.95. The monoisotopic (exact) mass is 394 g/mol. The number of halogens is 1. The Hall–Kier alpha value is -2.85. The second-order valence-corrected chi connectivity index (χ2v) is 6.95. The number of carbonyl (C=O) groups is 1. The highest BCUT2D eigenvalue weighted by Crippen LogP contribution is 2.15. The van der Waals surface area contributed by atoms with Crippen LogP contribution >= 0.6 is 11.6 Å². The van der Waals surface area contributed by atoms with Crippen molar-refractivity contribution in [1.82, 2.24) is 10.3 Å². The summed E-state index contributed by atoms with van der Waals surface area (Å²) in [5, 5.41) is 3.70. The first-order chi connectivity index (χ1) is 13.7. The van der Waals surface area contributed by atoms with Crippen LogP contribution in [0.3, 0.4) is 0 Å². The Kier molecular flexibility index (Phi) is 7.44. The van der Waals surface area contributed by atoms with Gasteiger partial charge in [-0.15, -0.1) is 0 Å². The van der Waals surface area contributed by atoms with Crippen LogP contribution in [0.4, 0.5) is 0 Å². The molecule has 1 amide bonds. The van der Waals surface area contributed by atoms with Crippen molar-refractivity contribution in [2.45, 2.75) is 32.4 Å². The lowest BCUT2D eigenvalue weighted by atomic mass is 10.1. The van der Waals surface area contributed by atoms with E-state index < -0.39 is 0 Å². The molecule has 0 fully saturated rings. The van der Waals surface area contributed by atoms with Gasteiger partial charge in [0.1, 0.15) is 12.4 Å². The Balaban J connectivity index is 1.40. The van der Waals surface area contributed by atoms with Crippen molar-refractivity contribution in [2.24, 2.45) is 0 Å². The molecule has 1 aromatic heterocycles. The first-order valence-corrected chi connectivity index (χ1v) is 9.69. The average molecular weight is 395 g/mol. The van der Waals surface area contributed by atoms with Gasteiger partial charge in [-0.3, -0.25) is 9.78 Å². The molecule has 28 heavy (non-hydrogen) atoms. The summed E-state index contributed by atoms with van der Waals surface area (Å²) in [4.78, 5) is 16.3. The number of rotatable bonds is 9. The molecule has 3 aromatic rings. The van der Waals surface area contributed by atoms with Crippen LogP contribution in [-0.2, 0) is 24.4 Å². The van der Waals surface area contributed by atoms with E-state index >= 15 is 0 Å². The van der Waals surface area contributed by atoms with Gasteiger partial charge in [0.05, 0.1) is 5.69 Å². The van der Waals surface area contributed by atoms with E-state index in [1.807, 2.05) is 66.7 Å². The first-order valence-electron chi connectivity index (χ1n) is 9.32. The lowest BCUT2D eigenvalue weighted by Gasteiger charge is -2.09. The quantitative estimate of drug-likeness (QED) is 0.558. The van der Waals surface area contributed by atoms with Crippen LogP contribution in [0.1, 0.15) is 29.7 Å². The van der Waals surface area contributed by atoms with Gasteiger partial charge in [0.15, 0.2) is 0 Å². The fourth-order valence-corrected chi connectivity index (χ4v) is 2.91. The van der Waals surface area contributed by atoms with Crippen LogP contribution in [0.15, 0.2) is 72.9 Å². The third-order valence-electron chi connectivity index (χ3n) is 4.28. The van der Waals surface area contributed by atoms with Crippen molar-refractivity contribution in [3.63, 3.8) is 0 Å². The van der Waals surface area contributed by atoms with Crippen LogP contribution in [0.2, 0.25) is 5.02 Å². The highest BCUT2D eigenvalue weighted by Gasteiger charge is 2.04. The number of aryl methyl sites for hydroxylation is 1. The van der Waals surface area contributed by atoms with Crippen molar-refractivity contribution in [1.29, 1.82) is 0 Å². The van der Waals surface area contributed by atoms with Gasteiger partial charge in [0.2, 0.25) is 5.91 Å². The average Bonchev–Trinajstić information content (AvgIpc) is 2.73. The van der Waals surface area contributed by atoms with Crippen LogP contribution in [-0.4, -0.2) is 10.9 Å². The van der Waals surface area contributed by atoms with E-state index in [4.69, 9.17) is 16.3 Å². The number of hydrogen-bond donors (Lipinski definition) is 1. The summed E-state index contributed by atoms with van der Waals surface area (Å²) in [7, 11) is 0. The lowest BCUT2D eigenvalue weighted by molar-refractivity contribution is -0.121. The van der Waals surface area contributed by atoms with Crippen LogP contribution in [0.25, 0.3) is 0 Å². The van der Waals surface area contributed by atoms with Crippen molar-refractivity contribution in [3.8, 4) is 5.75 Å². The Morgan fingerprint density at radius 1 is 1.00 bits per heavy atom. The van der Waals surface area contributed by atoms with Gasteiger partial charge in [-0.25, -0.2) is 0 Å². The highest BCUT2D eigenvalue weighted by atomic mass is 35.5. The minimum atomic E-state index is 0.0498. The molecule has 3 rings (SSSR count). The molecule has 5 heteroatoms. The standard InChI is InChI=1S/C23H23ClN2O2/c24-20-12-10-18(11-13-20)5-4-9-23(27)26-16-19-6-3-8-22(15-19)28-17-21-7-1-2-14-25-21/h1-3,6-8,10-15H,4-5,9,16-17H2,(H,26,27). The summed E-state index contributed by atoms with van der Waals surface area (Å²) >= 11 is 5.88. The number of pyridine rings is 1. The predicted molar refractivity (Wildman–Crippen MR) is 111 cm³/mol. The van der Waals surface area contributed by atoms with E-state index in [-0.39, 0.29) is 5.91 Å². The van der Waals surface area contributed by atoms with Gasteiger partial charge in [-0.2, -0.15) is 0 Å². The molecular weight excluding hydrogens is 372 g/mol. The summed E-state index contributed by atoms with van der Waals surface area (Å²) in [5.74, 6) is 0.814. The van der Waals surface area contributed by atoms with E-state index in [0.29, 0.717) is 19.6 Å². The maximum atomic E-state index is 12.1. The van der Waals surface area contributed by atoms with E-state index in [1.54, 1.807) is 6.20 Å². The molecule has 1 heterocycles. The second-order valence-electron chi connectivity index (χ2n) is 6.51. The van der Waals surface area contributed by atoms with Crippen molar-refractivity contribution in [2.75, 3.05) is 0 Å². The summed E-state index contributed by atoms with van der Waals surface area (Å²) in [6.45, 7) is 0.905. The summed E-state index contributed by atoms with van der Waals surface area (Å²) < 4.78 is 5.78. The van der Waals surface area contributed by atoms with E-state index in [0.717, 1.165) is 34.9 Å². The zero-order valence-corrected chi connectivity index (χ0v) is 16.4. The Morgan fingerprint density at radius 2 is 1.86 bits per heavy atom. The van der Waals surface area contributed by atoms with Gasteiger partial charge in [-0.1, -0.05) is 41.9 Å². The zero-order chi connectivity index (χ0) is 19.6. The molecular formula is C23H23ClN2O2. The molecule has 0 saturated heterocycles. The molecule has 4 nitrogen and oxygen atoms in total. The highest BCUT2D eigenvalue weighted by molar-refractivity contribution is 6.30. The van der Waals surface area contributed by atoms with Crippen molar-refractivity contribution < 1.29 is 9.53 Å². The number of ether oxygens (including phenoxy) is 1. The minimum absolute atomic E-state index is 0.0498. The second kappa shape index (κ2) is 10.5. The normalized spacial score (nSPS) is 10.5. The van der Waals surface area contributed by atoms with Gasteiger partial charge in [0, 0.05) is 24.2 Å². The van der Waals surface area contributed by atoms with E-state index in [2.05, 4.69) is 10.3 Å². The topological polar surface area (TPSA) is 51.2 Å². The number of carbonyl (C=O) groups excluding carboxylic acids is 1.